The lowest BCUT2D eigenvalue weighted by molar-refractivity contribution is 1.24. The van der Waals surface area contributed by atoms with Gasteiger partial charge in [0.1, 0.15) is 0 Å². The summed E-state index contributed by atoms with van der Waals surface area (Å²) in [5.74, 6) is 0. The molecular formula is C11H12N2. The van der Waals surface area contributed by atoms with E-state index in [0.717, 1.165) is 11.1 Å². The third-order valence-corrected chi connectivity index (χ3v) is 1.76. The molecule has 0 heterocycles. The van der Waals surface area contributed by atoms with Gasteiger partial charge in [0.05, 0.1) is 12.5 Å². The Morgan fingerprint density at radius 2 is 2.15 bits per heavy atom. The Balaban J connectivity index is 2.92. The summed E-state index contributed by atoms with van der Waals surface area (Å²) in [5.41, 5.74) is 7.48. The van der Waals surface area contributed by atoms with Gasteiger partial charge >= 0.3 is 0 Å². The molecule has 2 N–H and O–H groups in total. The number of nitrogens with two attached hydrogens (primary N) is 1. The number of nitriles is 1. The molecule has 0 saturated carbocycles. The van der Waals surface area contributed by atoms with Gasteiger partial charge in [0.15, 0.2) is 0 Å². The molecule has 0 aliphatic heterocycles. The van der Waals surface area contributed by atoms with Gasteiger partial charge in [-0.15, -0.1) is 0 Å². The fourth-order valence-corrected chi connectivity index (χ4v) is 1.14. The molecule has 0 aliphatic carbocycles. The van der Waals surface area contributed by atoms with Gasteiger partial charge in [0.25, 0.3) is 0 Å². The third kappa shape index (κ3) is 2.73. The highest BCUT2D eigenvalue weighted by molar-refractivity contribution is 5.54. The van der Waals surface area contributed by atoms with Gasteiger partial charge in [-0.25, -0.2) is 0 Å². The maximum absolute atomic E-state index is 8.57. The largest absolute Gasteiger partial charge is 0.327 e. The van der Waals surface area contributed by atoms with Crippen LogP contribution < -0.4 is 5.73 Å². The lowest BCUT2D eigenvalue weighted by Crippen LogP contribution is -1.93. The van der Waals surface area contributed by atoms with E-state index < -0.39 is 0 Å². The predicted octanol–water partition coefficient (Wildman–Crippen LogP) is 1.72. The van der Waals surface area contributed by atoms with Crippen LogP contribution in [0.25, 0.3) is 6.08 Å². The third-order valence-electron chi connectivity index (χ3n) is 1.76. The summed E-state index contributed by atoms with van der Waals surface area (Å²) in [6.45, 7) is 0.529. The summed E-state index contributed by atoms with van der Waals surface area (Å²) in [5, 5.41) is 8.57. The molecule has 1 aromatic rings. The molecule has 0 amide bonds. The molecule has 0 saturated heterocycles. The zero-order chi connectivity index (χ0) is 9.52. The van der Waals surface area contributed by atoms with Crippen LogP contribution in [0.3, 0.4) is 0 Å². The molecule has 0 unspecified atom stereocenters. The number of hydrogen-bond donors (Lipinski definition) is 1. The second-order valence-electron chi connectivity index (χ2n) is 2.67. The van der Waals surface area contributed by atoms with Gasteiger partial charge in [-0.2, -0.15) is 5.26 Å². The van der Waals surface area contributed by atoms with Crippen LogP contribution in [-0.2, 0) is 6.42 Å². The maximum Gasteiger partial charge on any atom is 0.0669 e. The van der Waals surface area contributed by atoms with Crippen LogP contribution in [0.4, 0.5) is 0 Å². The van der Waals surface area contributed by atoms with E-state index in [2.05, 4.69) is 6.07 Å². The number of benzene rings is 1. The first-order valence-electron chi connectivity index (χ1n) is 4.20. The quantitative estimate of drug-likeness (QED) is 0.754. The number of nitrogens with zero attached hydrogens (tertiary/aromatic N) is 1. The predicted molar refractivity (Wildman–Crippen MR) is 53.8 cm³/mol. The van der Waals surface area contributed by atoms with Gasteiger partial charge in [-0.3, -0.25) is 0 Å². The maximum atomic E-state index is 8.57. The minimum Gasteiger partial charge on any atom is -0.327 e. The van der Waals surface area contributed by atoms with Crippen molar-refractivity contribution in [3.05, 3.63) is 41.5 Å². The summed E-state index contributed by atoms with van der Waals surface area (Å²) in [7, 11) is 0. The van der Waals surface area contributed by atoms with Crippen molar-refractivity contribution < 1.29 is 0 Å². The fourth-order valence-electron chi connectivity index (χ4n) is 1.14. The monoisotopic (exact) mass is 172 g/mol. The van der Waals surface area contributed by atoms with E-state index in [1.54, 1.807) is 0 Å². The van der Waals surface area contributed by atoms with Crippen LogP contribution in [0.2, 0.25) is 0 Å². The Morgan fingerprint density at radius 1 is 1.38 bits per heavy atom. The minimum atomic E-state index is 0.449. The Labute approximate surface area is 78.3 Å². The van der Waals surface area contributed by atoms with E-state index in [4.69, 9.17) is 11.0 Å². The van der Waals surface area contributed by atoms with E-state index in [9.17, 15) is 0 Å². The van der Waals surface area contributed by atoms with E-state index in [1.807, 2.05) is 36.4 Å². The first kappa shape index (κ1) is 9.50. The van der Waals surface area contributed by atoms with Crippen molar-refractivity contribution in [2.45, 2.75) is 6.42 Å². The normalized spacial score (nSPS) is 10.2. The van der Waals surface area contributed by atoms with Crippen LogP contribution in [0.1, 0.15) is 11.1 Å². The SMILES string of the molecule is N#CCc1ccccc1C=CCN. The van der Waals surface area contributed by atoms with E-state index >= 15 is 0 Å². The zero-order valence-corrected chi connectivity index (χ0v) is 7.40. The van der Waals surface area contributed by atoms with Crippen LogP contribution >= 0.6 is 0 Å². The molecule has 1 rings (SSSR count). The molecule has 2 nitrogen and oxygen atoms in total. The van der Waals surface area contributed by atoms with Crippen LogP contribution in [0.5, 0.6) is 0 Å². The standard InChI is InChI=1S/C11H12N2/c12-8-3-6-10-4-1-2-5-11(10)7-9-13/h1-6H,7-8,12H2. The first-order valence-corrected chi connectivity index (χ1v) is 4.20. The molecule has 0 aromatic heterocycles. The molecule has 66 valence electrons. The smallest absolute Gasteiger partial charge is 0.0669 e. The van der Waals surface area contributed by atoms with E-state index in [1.165, 1.54) is 0 Å². The summed E-state index contributed by atoms with van der Waals surface area (Å²) >= 11 is 0. The average Bonchev–Trinajstić information content (AvgIpc) is 2.17. The molecule has 0 radical (unpaired) electrons. The zero-order valence-electron chi connectivity index (χ0n) is 7.40. The molecule has 0 fully saturated rings. The Hall–Kier alpha value is -1.59. The van der Waals surface area contributed by atoms with E-state index in [0.29, 0.717) is 13.0 Å². The molecule has 13 heavy (non-hydrogen) atoms. The van der Waals surface area contributed by atoms with Crippen molar-refractivity contribution in [2.75, 3.05) is 6.54 Å². The molecule has 1 aromatic carbocycles. The van der Waals surface area contributed by atoms with Crippen molar-refractivity contribution >= 4 is 6.08 Å². The van der Waals surface area contributed by atoms with Crippen molar-refractivity contribution in [3.63, 3.8) is 0 Å². The molecule has 0 aliphatic rings. The summed E-state index contributed by atoms with van der Waals surface area (Å²) in [4.78, 5) is 0. The first-order chi connectivity index (χ1) is 6.38. The summed E-state index contributed by atoms with van der Waals surface area (Å²) in [6, 6.07) is 9.97. The van der Waals surface area contributed by atoms with Crippen molar-refractivity contribution in [1.29, 1.82) is 5.26 Å². The average molecular weight is 172 g/mol. The summed E-state index contributed by atoms with van der Waals surface area (Å²) < 4.78 is 0. The molecule has 0 spiro atoms. The van der Waals surface area contributed by atoms with E-state index in [-0.39, 0.29) is 0 Å². The second kappa shape index (κ2) is 5.13. The lowest BCUT2D eigenvalue weighted by Gasteiger charge is -1.99. The van der Waals surface area contributed by atoms with Crippen LogP contribution in [0.15, 0.2) is 30.3 Å². The number of rotatable bonds is 3. The Bertz CT molecular complexity index is 334. The number of hydrogen-bond acceptors (Lipinski definition) is 2. The highest BCUT2D eigenvalue weighted by Gasteiger charge is 1.95. The highest BCUT2D eigenvalue weighted by atomic mass is 14.5. The lowest BCUT2D eigenvalue weighted by atomic mass is 10.0. The fraction of sp³-hybridized carbons (Fsp3) is 0.182. The Kier molecular flexibility index (Phi) is 3.74. The van der Waals surface area contributed by atoms with Crippen LogP contribution in [-0.4, -0.2) is 6.54 Å². The Morgan fingerprint density at radius 3 is 2.85 bits per heavy atom. The van der Waals surface area contributed by atoms with Crippen LogP contribution in [0, 0.1) is 11.3 Å². The highest BCUT2D eigenvalue weighted by Crippen LogP contribution is 2.10. The second-order valence-corrected chi connectivity index (χ2v) is 2.67. The van der Waals surface area contributed by atoms with Crippen molar-refractivity contribution in [1.82, 2.24) is 0 Å². The van der Waals surface area contributed by atoms with Crippen molar-refractivity contribution in [3.8, 4) is 6.07 Å². The van der Waals surface area contributed by atoms with Gasteiger partial charge in [-0.05, 0) is 11.1 Å². The van der Waals surface area contributed by atoms with Gasteiger partial charge in [-0.1, -0.05) is 36.4 Å². The molecule has 2 heteroatoms. The van der Waals surface area contributed by atoms with Crippen molar-refractivity contribution in [2.24, 2.45) is 5.73 Å². The van der Waals surface area contributed by atoms with Gasteiger partial charge in [0.2, 0.25) is 0 Å². The van der Waals surface area contributed by atoms with Gasteiger partial charge < -0.3 is 5.73 Å². The minimum absolute atomic E-state index is 0.449. The topological polar surface area (TPSA) is 49.8 Å². The van der Waals surface area contributed by atoms with Gasteiger partial charge in [0, 0.05) is 6.54 Å². The molecular weight excluding hydrogens is 160 g/mol. The summed E-state index contributed by atoms with van der Waals surface area (Å²) in [6.07, 6.45) is 4.29. The molecule has 0 atom stereocenters. The molecule has 0 bridgehead atoms.